The summed E-state index contributed by atoms with van der Waals surface area (Å²) < 4.78 is 12.3. The topological polar surface area (TPSA) is 88.1 Å². The van der Waals surface area contributed by atoms with Gasteiger partial charge in [0.05, 0.1) is 31.0 Å². The van der Waals surface area contributed by atoms with E-state index in [1.165, 1.54) is 5.56 Å². The van der Waals surface area contributed by atoms with Crippen LogP contribution in [0.15, 0.2) is 42.5 Å². The Hall–Kier alpha value is -2.90. The fourth-order valence-electron chi connectivity index (χ4n) is 4.53. The molecule has 0 radical (unpaired) electrons. The van der Waals surface area contributed by atoms with E-state index in [9.17, 15) is 14.7 Å². The number of aryl methyl sites for hydroxylation is 2. The minimum Gasteiger partial charge on any atom is -0.478 e. The molecule has 0 aromatic heterocycles. The van der Waals surface area contributed by atoms with Crippen molar-refractivity contribution in [1.82, 2.24) is 10.2 Å². The minimum atomic E-state index is -0.922. The molecule has 2 N–H and O–H groups in total. The molecular formula is C28H38N2O5. The summed E-state index contributed by atoms with van der Waals surface area (Å²) in [5.74, 6) is -0.922. The molecule has 0 unspecified atom stereocenters. The number of aromatic carboxylic acids is 1. The van der Waals surface area contributed by atoms with Gasteiger partial charge < -0.3 is 24.8 Å². The predicted molar refractivity (Wildman–Crippen MR) is 136 cm³/mol. The first-order chi connectivity index (χ1) is 16.9. The second-order valence-corrected chi connectivity index (χ2v) is 9.25. The highest BCUT2D eigenvalue weighted by Crippen LogP contribution is 2.25. The van der Waals surface area contributed by atoms with Crippen LogP contribution in [0.3, 0.4) is 0 Å². The van der Waals surface area contributed by atoms with Gasteiger partial charge in [0.1, 0.15) is 0 Å². The van der Waals surface area contributed by atoms with E-state index < -0.39 is 5.97 Å². The summed E-state index contributed by atoms with van der Waals surface area (Å²) in [6.07, 6.45) is 3.77. The van der Waals surface area contributed by atoms with Gasteiger partial charge in [-0.2, -0.15) is 0 Å². The number of hydrogen-bond acceptors (Lipinski definition) is 4. The molecule has 2 atom stereocenters. The summed E-state index contributed by atoms with van der Waals surface area (Å²) in [6, 6.07) is 13.6. The number of carbonyl (C=O) groups is 2. The van der Waals surface area contributed by atoms with Crippen molar-refractivity contribution in [1.29, 1.82) is 0 Å². The van der Waals surface area contributed by atoms with E-state index in [1.54, 1.807) is 17.9 Å². The van der Waals surface area contributed by atoms with Crippen molar-refractivity contribution in [2.75, 3.05) is 19.7 Å². The van der Waals surface area contributed by atoms with E-state index in [-0.39, 0.29) is 24.8 Å². The Labute approximate surface area is 208 Å². The van der Waals surface area contributed by atoms with Gasteiger partial charge in [0.2, 0.25) is 0 Å². The van der Waals surface area contributed by atoms with Gasteiger partial charge in [0.15, 0.2) is 0 Å². The molecule has 1 fully saturated rings. The number of ether oxygens (including phenoxy) is 2. The van der Waals surface area contributed by atoms with E-state index in [2.05, 4.69) is 29.6 Å². The Balaban J connectivity index is 1.50. The van der Waals surface area contributed by atoms with Crippen LogP contribution in [-0.2, 0) is 22.6 Å². The second-order valence-electron chi connectivity index (χ2n) is 9.25. The molecule has 1 aliphatic carbocycles. The molecule has 3 rings (SSSR count). The predicted octanol–water partition coefficient (Wildman–Crippen LogP) is 5.08. The van der Waals surface area contributed by atoms with Crippen LogP contribution in [0.2, 0.25) is 0 Å². The van der Waals surface area contributed by atoms with Gasteiger partial charge in [-0.25, -0.2) is 9.59 Å². The Bertz CT molecular complexity index is 976. The second kappa shape index (κ2) is 13.3. The quantitative estimate of drug-likeness (QED) is 0.466. The van der Waals surface area contributed by atoms with Crippen LogP contribution in [0.1, 0.15) is 65.2 Å². The van der Waals surface area contributed by atoms with Crippen molar-refractivity contribution >= 4 is 12.0 Å². The van der Waals surface area contributed by atoms with Crippen molar-refractivity contribution in [2.24, 2.45) is 0 Å². The van der Waals surface area contributed by atoms with E-state index in [0.29, 0.717) is 37.4 Å². The lowest BCUT2D eigenvalue weighted by Crippen LogP contribution is -2.41. The highest BCUT2D eigenvalue weighted by atomic mass is 16.5. The van der Waals surface area contributed by atoms with Crippen LogP contribution in [0.4, 0.5) is 4.79 Å². The third kappa shape index (κ3) is 8.08. The molecule has 2 aromatic carbocycles. The fourth-order valence-corrected chi connectivity index (χ4v) is 4.53. The molecule has 7 heteroatoms. The number of nitrogens with zero attached hydrogens (tertiary/aromatic N) is 1. The van der Waals surface area contributed by atoms with Crippen molar-refractivity contribution < 1.29 is 24.2 Å². The van der Waals surface area contributed by atoms with Crippen molar-refractivity contribution in [3.8, 4) is 0 Å². The number of amides is 2. The van der Waals surface area contributed by atoms with Gasteiger partial charge in [-0.15, -0.1) is 0 Å². The SMILES string of the molecule is CCNC(=O)N(CCO[C@H]1CCC[C@@H](OCc2cccc(C)c2C(=O)O)C1)Cc1ccc(C)cc1. The van der Waals surface area contributed by atoms with Crippen LogP contribution in [0, 0.1) is 13.8 Å². The van der Waals surface area contributed by atoms with Crippen molar-refractivity contribution in [3.05, 3.63) is 70.3 Å². The molecule has 0 spiro atoms. The third-order valence-corrected chi connectivity index (χ3v) is 6.45. The van der Waals surface area contributed by atoms with E-state index >= 15 is 0 Å². The number of nitrogens with one attached hydrogen (secondary N) is 1. The van der Waals surface area contributed by atoms with Gasteiger partial charge in [-0.1, -0.05) is 48.0 Å². The number of rotatable bonds is 11. The van der Waals surface area contributed by atoms with Gasteiger partial charge in [-0.3, -0.25) is 0 Å². The first-order valence-electron chi connectivity index (χ1n) is 12.5. The molecule has 1 saturated carbocycles. The molecular weight excluding hydrogens is 444 g/mol. The maximum Gasteiger partial charge on any atom is 0.336 e. The van der Waals surface area contributed by atoms with Crippen LogP contribution in [0.25, 0.3) is 0 Å². The Morgan fingerprint density at radius 3 is 2.46 bits per heavy atom. The van der Waals surface area contributed by atoms with Gasteiger partial charge in [0.25, 0.3) is 0 Å². The average Bonchev–Trinajstić information content (AvgIpc) is 2.83. The van der Waals surface area contributed by atoms with E-state index in [4.69, 9.17) is 9.47 Å². The fraction of sp³-hybridized carbons (Fsp3) is 0.500. The van der Waals surface area contributed by atoms with Crippen LogP contribution >= 0.6 is 0 Å². The highest BCUT2D eigenvalue weighted by molar-refractivity contribution is 5.91. The zero-order valence-corrected chi connectivity index (χ0v) is 21.1. The molecule has 35 heavy (non-hydrogen) atoms. The maximum absolute atomic E-state index is 12.6. The van der Waals surface area contributed by atoms with Crippen molar-refractivity contribution in [2.45, 2.75) is 71.8 Å². The summed E-state index contributed by atoms with van der Waals surface area (Å²) in [4.78, 5) is 26.0. The average molecular weight is 483 g/mol. The van der Waals surface area contributed by atoms with E-state index in [0.717, 1.165) is 36.8 Å². The van der Waals surface area contributed by atoms with Crippen LogP contribution in [-0.4, -0.2) is 53.9 Å². The minimum absolute atomic E-state index is 0.0305. The summed E-state index contributed by atoms with van der Waals surface area (Å²) in [5.41, 5.74) is 4.05. The normalized spacial score (nSPS) is 17.7. The van der Waals surface area contributed by atoms with Gasteiger partial charge in [0, 0.05) is 19.6 Å². The third-order valence-electron chi connectivity index (χ3n) is 6.45. The molecule has 2 amide bonds. The summed E-state index contributed by atoms with van der Waals surface area (Å²) >= 11 is 0. The highest BCUT2D eigenvalue weighted by Gasteiger charge is 2.24. The van der Waals surface area contributed by atoms with E-state index in [1.807, 2.05) is 26.0 Å². The molecule has 0 heterocycles. The summed E-state index contributed by atoms with van der Waals surface area (Å²) in [6.45, 7) is 8.13. The van der Waals surface area contributed by atoms with Gasteiger partial charge in [-0.05, 0) is 63.1 Å². The zero-order chi connectivity index (χ0) is 25.2. The lowest BCUT2D eigenvalue weighted by atomic mass is 9.94. The number of carboxylic acids is 1. The standard InChI is InChI=1S/C28H38N2O5/c1-4-29-28(33)30(18-22-13-11-20(2)12-14-22)15-16-34-24-9-6-10-25(17-24)35-19-23-8-5-7-21(3)26(23)27(31)32/h5,7-8,11-14,24-25H,4,6,9-10,15-19H2,1-3H3,(H,29,33)(H,31,32)/t24-,25+/m0/s1. The largest absolute Gasteiger partial charge is 0.478 e. The maximum atomic E-state index is 12.6. The molecule has 0 aliphatic heterocycles. The number of carbonyl (C=O) groups excluding carboxylic acids is 1. The first-order valence-corrected chi connectivity index (χ1v) is 12.5. The summed E-state index contributed by atoms with van der Waals surface area (Å²) in [7, 11) is 0. The first kappa shape index (κ1) is 26.7. The number of benzene rings is 2. The number of urea groups is 1. The Kier molecular flexibility index (Phi) is 10.1. The molecule has 1 aliphatic rings. The lowest BCUT2D eigenvalue weighted by Gasteiger charge is -2.30. The summed E-state index contributed by atoms with van der Waals surface area (Å²) in [5, 5.41) is 12.4. The molecule has 190 valence electrons. The van der Waals surface area contributed by atoms with Crippen LogP contribution in [0.5, 0.6) is 0 Å². The molecule has 0 bridgehead atoms. The lowest BCUT2D eigenvalue weighted by molar-refractivity contribution is -0.0526. The molecule has 2 aromatic rings. The monoisotopic (exact) mass is 482 g/mol. The Morgan fingerprint density at radius 2 is 1.77 bits per heavy atom. The van der Waals surface area contributed by atoms with Crippen LogP contribution < -0.4 is 5.32 Å². The van der Waals surface area contributed by atoms with Crippen molar-refractivity contribution in [3.63, 3.8) is 0 Å². The number of hydrogen-bond donors (Lipinski definition) is 2. The molecule has 0 saturated heterocycles. The van der Waals surface area contributed by atoms with Gasteiger partial charge >= 0.3 is 12.0 Å². The molecule has 7 nitrogen and oxygen atoms in total. The zero-order valence-electron chi connectivity index (χ0n) is 21.1. The Morgan fingerprint density at radius 1 is 1.06 bits per heavy atom. The number of carboxylic acid groups (broad SMARTS) is 1. The smallest absolute Gasteiger partial charge is 0.336 e.